The van der Waals surface area contributed by atoms with E-state index in [0.29, 0.717) is 30.5 Å². The van der Waals surface area contributed by atoms with E-state index < -0.39 is 0 Å². The average Bonchev–Trinajstić information content (AvgIpc) is 2.74. The molecule has 3 nitrogen and oxygen atoms in total. The van der Waals surface area contributed by atoms with Crippen LogP contribution in [0.1, 0.15) is 10.4 Å². The van der Waals surface area contributed by atoms with Gasteiger partial charge in [-0.25, -0.2) is 0 Å². The van der Waals surface area contributed by atoms with E-state index in [1.807, 2.05) is 0 Å². The SMILES string of the molecule is O=C(c1cc(Cl)ccc1Br)N1CCOC1. The first-order valence-electron chi connectivity index (χ1n) is 4.50. The molecular weight excluding hydrogens is 281 g/mol. The molecule has 1 amide bonds. The lowest BCUT2D eigenvalue weighted by molar-refractivity contribution is 0.0694. The molecule has 0 radical (unpaired) electrons. The van der Waals surface area contributed by atoms with Crippen LogP contribution in [0.4, 0.5) is 0 Å². The van der Waals surface area contributed by atoms with Crippen molar-refractivity contribution in [1.29, 1.82) is 0 Å². The van der Waals surface area contributed by atoms with Crippen molar-refractivity contribution in [1.82, 2.24) is 4.90 Å². The number of nitrogens with zero attached hydrogens (tertiary/aromatic N) is 1. The van der Waals surface area contributed by atoms with E-state index in [0.717, 1.165) is 4.47 Å². The molecule has 1 fully saturated rings. The molecule has 1 heterocycles. The van der Waals surface area contributed by atoms with Crippen molar-refractivity contribution in [2.45, 2.75) is 0 Å². The number of hydrogen-bond donors (Lipinski definition) is 0. The van der Waals surface area contributed by atoms with E-state index in [1.165, 1.54) is 0 Å². The highest BCUT2D eigenvalue weighted by Gasteiger charge is 2.21. The number of amides is 1. The number of hydrogen-bond acceptors (Lipinski definition) is 2. The first-order valence-corrected chi connectivity index (χ1v) is 5.67. The van der Waals surface area contributed by atoms with Crippen LogP contribution in [0.2, 0.25) is 5.02 Å². The number of ether oxygens (including phenoxy) is 1. The summed E-state index contributed by atoms with van der Waals surface area (Å²) in [6.45, 7) is 1.60. The van der Waals surface area contributed by atoms with Crippen LogP contribution in [0.5, 0.6) is 0 Å². The van der Waals surface area contributed by atoms with E-state index in [-0.39, 0.29) is 5.91 Å². The second-order valence-corrected chi connectivity index (χ2v) is 4.52. The van der Waals surface area contributed by atoms with Crippen LogP contribution >= 0.6 is 27.5 Å². The zero-order valence-electron chi connectivity index (χ0n) is 7.87. The van der Waals surface area contributed by atoms with E-state index >= 15 is 0 Å². The third-order valence-corrected chi connectivity index (χ3v) is 3.13. The molecule has 0 saturated carbocycles. The highest BCUT2D eigenvalue weighted by molar-refractivity contribution is 9.10. The number of rotatable bonds is 1. The molecule has 0 unspecified atom stereocenters. The number of carbonyl (C=O) groups excluding carboxylic acids is 1. The molecule has 0 N–H and O–H groups in total. The van der Waals surface area contributed by atoms with Crippen LogP contribution in [0.3, 0.4) is 0 Å². The highest BCUT2D eigenvalue weighted by Crippen LogP contribution is 2.23. The van der Waals surface area contributed by atoms with Gasteiger partial charge in [0, 0.05) is 16.0 Å². The predicted molar refractivity (Wildman–Crippen MR) is 61.0 cm³/mol. The number of carbonyl (C=O) groups is 1. The molecular formula is C10H9BrClNO2. The maximum absolute atomic E-state index is 12.0. The monoisotopic (exact) mass is 289 g/mol. The van der Waals surface area contributed by atoms with E-state index in [4.69, 9.17) is 16.3 Å². The molecule has 0 aliphatic carbocycles. The lowest BCUT2D eigenvalue weighted by Gasteiger charge is -2.14. The second-order valence-electron chi connectivity index (χ2n) is 3.23. The van der Waals surface area contributed by atoms with Crippen LogP contribution in [-0.4, -0.2) is 30.7 Å². The molecule has 0 spiro atoms. The van der Waals surface area contributed by atoms with Crippen molar-refractivity contribution >= 4 is 33.4 Å². The molecule has 1 aromatic carbocycles. The Balaban J connectivity index is 2.27. The Labute approximate surface area is 101 Å². The summed E-state index contributed by atoms with van der Waals surface area (Å²) >= 11 is 9.18. The van der Waals surface area contributed by atoms with Gasteiger partial charge < -0.3 is 9.64 Å². The van der Waals surface area contributed by atoms with Gasteiger partial charge in [-0.15, -0.1) is 0 Å². The third-order valence-electron chi connectivity index (χ3n) is 2.20. The minimum atomic E-state index is -0.0538. The fourth-order valence-electron chi connectivity index (χ4n) is 1.41. The summed E-state index contributed by atoms with van der Waals surface area (Å²) in [6.07, 6.45) is 0. The Morgan fingerprint density at radius 1 is 1.53 bits per heavy atom. The van der Waals surface area contributed by atoms with E-state index in [1.54, 1.807) is 23.1 Å². The van der Waals surface area contributed by atoms with Gasteiger partial charge in [-0.05, 0) is 34.1 Å². The molecule has 1 aliphatic heterocycles. The summed E-state index contributed by atoms with van der Waals surface area (Å²) in [5, 5.41) is 0.557. The molecule has 80 valence electrons. The Morgan fingerprint density at radius 2 is 2.33 bits per heavy atom. The maximum atomic E-state index is 12.0. The molecule has 5 heteroatoms. The molecule has 2 rings (SSSR count). The van der Waals surface area contributed by atoms with Gasteiger partial charge in [-0.2, -0.15) is 0 Å². The summed E-state index contributed by atoms with van der Waals surface area (Å²) in [5.41, 5.74) is 0.577. The van der Waals surface area contributed by atoms with Crippen molar-refractivity contribution in [2.75, 3.05) is 19.9 Å². The molecule has 1 aromatic rings. The van der Waals surface area contributed by atoms with Crippen molar-refractivity contribution in [2.24, 2.45) is 0 Å². The van der Waals surface area contributed by atoms with Gasteiger partial charge in [-0.1, -0.05) is 11.6 Å². The van der Waals surface area contributed by atoms with Crippen molar-refractivity contribution in [3.63, 3.8) is 0 Å². The van der Waals surface area contributed by atoms with Crippen molar-refractivity contribution in [3.05, 3.63) is 33.3 Å². The fourth-order valence-corrected chi connectivity index (χ4v) is 1.99. The maximum Gasteiger partial charge on any atom is 0.256 e. The average molecular weight is 291 g/mol. The van der Waals surface area contributed by atoms with Crippen LogP contribution in [0, 0.1) is 0 Å². The lowest BCUT2D eigenvalue weighted by atomic mass is 10.2. The Hall–Kier alpha value is -0.580. The Kier molecular flexibility index (Phi) is 3.29. The topological polar surface area (TPSA) is 29.5 Å². The van der Waals surface area contributed by atoms with Crippen LogP contribution in [-0.2, 0) is 4.74 Å². The molecule has 15 heavy (non-hydrogen) atoms. The number of benzene rings is 1. The fraction of sp³-hybridized carbons (Fsp3) is 0.300. The summed E-state index contributed by atoms with van der Waals surface area (Å²) in [7, 11) is 0. The summed E-state index contributed by atoms with van der Waals surface area (Å²) < 4.78 is 5.88. The van der Waals surface area contributed by atoms with Gasteiger partial charge in [0.15, 0.2) is 0 Å². The van der Waals surface area contributed by atoms with Gasteiger partial charge in [0.25, 0.3) is 5.91 Å². The Bertz CT molecular complexity index is 391. The van der Waals surface area contributed by atoms with Crippen LogP contribution in [0.25, 0.3) is 0 Å². The minimum absolute atomic E-state index is 0.0538. The molecule has 1 saturated heterocycles. The Morgan fingerprint density at radius 3 is 3.00 bits per heavy atom. The van der Waals surface area contributed by atoms with Gasteiger partial charge in [0.05, 0.1) is 12.2 Å². The van der Waals surface area contributed by atoms with Gasteiger partial charge in [0.2, 0.25) is 0 Å². The standard InChI is InChI=1S/C10H9BrClNO2/c11-9-2-1-7(12)5-8(9)10(14)13-3-4-15-6-13/h1-2,5H,3-4,6H2. The van der Waals surface area contributed by atoms with E-state index in [2.05, 4.69) is 15.9 Å². The first-order chi connectivity index (χ1) is 7.18. The highest BCUT2D eigenvalue weighted by atomic mass is 79.9. The molecule has 1 aliphatic rings. The number of halogens is 2. The molecule has 0 atom stereocenters. The first kappa shape index (κ1) is 10.9. The van der Waals surface area contributed by atoms with Gasteiger partial charge >= 0.3 is 0 Å². The van der Waals surface area contributed by atoms with Crippen molar-refractivity contribution < 1.29 is 9.53 Å². The van der Waals surface area contributed by atoms with Crippen LogP contribution < -0.4 is 0 Å². The third kappa shape index (κ3) is 2.33. The van der Waals surface area contributed by atoms with Gasteiger partial charge in [-0.3, -0.25) is 4.79 Å². The van der Waals surface area contributed by atoms with Crippen LogP contribution in [0.15, 0.2) is 22.7 Å². The quantitative estimate of drug-likeness (QED) is 0.795. The minimum Gasteiger partial charge on any atom is -0.359 e. The normalized spacial score (nSPS) is 15.7. The van der Waals surface area contributed by atoms with E-state index in [9.17, 15) is 4.79 Å². The zero-order chi connectivity index (χ0) is 10.8. The second kappa shape index (κ2) is 4.51. The van der Waals surface area contributed by atoms with Gasteiger partial charge in [0.1, 0.15) is 6.73 Å². The smallest absolute Gasteiger partial charge is 0.256 e. The zero-order valence-corrected chi connectivity index (χ0v) is 10.2. The largest absolute Gasteiger partial charge is 0.359 e. The molecule has 0 bridgehead atoms. The summed E-state index contributed by atoms with van der Waals surface area (Å²) in [6, 6.07) is 5.17. The summed E-state index contributed by atoms with van der Waals surface area (Å²) in [4.78, 5) is 13.6. The predicted octanol–water partition coefficient (Wildman–Crippen LogP) is 2.53. The van der Waals surface area contributed by atoms with Crippen molar-refractivity contribution in [3.8, 4) is 0 Å². The summed E-state index contributed by atoms with van der Waals surface area (Å²) in [5.74, 6) is -0.0538. The lowest BCUT2D eigenvalue weighted by Crippen LogP contribution is -2.28. The molecule has 0 aromatic heterocycles.